The lowest BCUT2D eigenvalue weighted by Crippen LogP contribution is -2.47. The molecule has 1 aromatic rings. The molecule has 2 N–H and O–H groups in total. The molecular formula is C13H21N3. The molecule has 0 saturated carbocycles. The normalized spacial score (nSPS) is 26.9. The summed E-state index contributed by atoms with van der Waals surface area (Å²) < 4.78 is 0. The van der Waals surface area contributed by atoms with E-state index in [0.29, 0.717) is 12.0 Å². The van der Waals surface area contributed by atoms with Crippen LogP contribution in [0.15, 0.2) is 18.3 Å². The maximum atomic E-state index is 6.09. The number of rotatable bonds is 2. The third kappa shape index (κ3) is 2.80. The van der Waals surface area contributed by atoms with E-state index in [4.69, 9.17) is 5.73 Å². The second-order valence-corrected chi connectivity index (χ2v) is 4.97. The number of piperidine rings is 1. The highest BCUT2D eigenvalue weighted by atomic mass is 15.1. The summed E-state index contributed by atoms with van der Waals surface area (Å²) in [6.07, 6.45) is 3.18. The molecule has 0 radical (unpaired) electrons. The Morgan fingerprint density at radius 1 is 1.50 bits per heavy atom. The Hall–Kier alpha value is -0.930. The Kier molecular flexibility index (Phi) is 3.56. The number of hydrogen-bond acceptors (Lipinski definition) is 3. The minimum absolute atomic E-state index is 0.326. The summed E-state index contributed by atoms with van der Waals surface area (Å²) in [5, 5.41) is 0. The molecule has 1 fully saturated rings. The maximum Gasteiger partial charge on any atom is 0.0372 e. The van der Waals surface area contributed by atoms with Gasteiger partial charge in [0.1, 0.15) is 0 Å². The molecule has 1 aliphatic rings. The number of pyridine rings is 1. The first-order valence-corrected chi connectivity index (χ1v) is 6.04. The fraction of sp³-hybridized carbons (Fsp3) is 0.615. The summed E-state index contributed by atoms with van der Waals surface area (Å²) in [5.74, 6) is 0.660. The third-order valence-corrected chi connectivity index (χ3v) is 3.48. The highest BCUT2D eigenvalue weighted by Crippen LogP contribution is 2.17. The van der Waals surface area contributed by atoms with Gasteiger partial charge in [0, 0.05) is 31.0 Å². The van der Waals surface area contributed by atoms with Crippen LogP contribution in [-0.4, -0.2) is 29.0 Å². The van der Waals surface area contributed by atoms with Crippen LogP contribution < -0.4 is 5.73 Å². The molecule has 0 bridgehead atoms. The smallest absolute Gasteiger partial charge is 0.0372 e. The van der Waals surface area contributed by atoms with Gasteiger partial charge in [-0.05, 0) is 37.4 Å². The lowest BCUT2D eigenvalue weighted by atomic mass is 9.94. The average Bonchev–Trinajstić information content (AvgIpc) is 2.27. The highest BCUT2D eigenvalue weighted by molar-refractivity contribution is 5.13. The molecule has 0 aliphatic carbocycles. The van der Waals surface area contributed by atoms with Crippen LogP contribution >= 0.6 is 0 Å². The van der Waals surface area contributed by atoms with Crippen LogP contribution in [0.3, 0.4) is 0 Å². The first-order chi connectivity index (χ1) is 7.65. The van der Waals surface area contributed by atoms with Crippen molar-refractivity contribution in [3.05, 3.63) is 29.6 Å². The predicted molar refractivity (Wildman–Crippen MR) is 66.0 cm³/mol. The van der Waals surface area contributed by atoms with Crippen molar-refractivity contribution in [2.75, 3.05) is 13.1 Å². The molecule has 1 aliphatic heterocycles. The van der Waals surface area contributed by atoms with E-state index >= 15 is 0 Å². The lowest BCUT2D eigenvalue weighted by Gasteiger charge is -2.34. The Morgan fingerprint density at radius 3 is 2.94 bits per heavy atom. The maximum absolute atomic E-state index is 6.09. The summed E-state index contributed by atoms with van der Waals surface area (Å²) in [5.41, 5.74) is 8.45. The summed E-state index contributed by atoms with van der Waals surface area (Å²) in [6, 6.07) is 4.56. The van der Waals surface area contributed by atoms with Crippen LogP contribution in [0, 0.1) is 12.8 Å². The molecule has 88 valence electrons. The Labute approximate surface area is 97.7 Å². The highest BCUT2D eigenvalue weighted by Gasteiger charge is 2.22. The van der Waals surface area contributed by atoms with E-state index in [1.807, 2.05) is 13.1 Å². The molecule has 3 nitrogen and oxygen atoms in total. The standard InChI is InChI=1S/C13H21N3/c1-10-5-6-16(9-13(10)14)8-12-4-3-11(2)15-7-12/h3-4,7,10,13H,5-6,8-9,14H2,1-2H3. The quantitative estimate of drug-likeness (QED) is 0.820. The molecule has 0 amide bonds. The number of nitrogens with zero attached hydrogens (tertiary/aromatic N) is 2. The van der Waals surface area contributed by atoms with E-state index in [-0.39, 0.29) is 0 Å². The van der Waals surface area contributed by atoms with Gasteiger partial charge in [0.15, 0.2) is 0 Å². The molecule has 16 heavy (non-hydrogen) atoms. The fourth-order valence-electron chi connectivity index (χ4n) is 2.16. The van der Waals surface area contributed by atoms with Crippen molar-refractivity contribution >= 4 is 0 Å². The van der Waals surface area contributed by atoms with Crippen LogP contribution in [0.25, 0.3) is 0 Å². The van der Waals surface area contributed by atoms with Gasteiger partial charge in [-0.3, -0.25) is 9.88 Å². The molecular weight excluding hydrogens is 198 g/mol. The minimum Gasteiger partial charge on any atom is -0.326 e. The van der Waals surface area contributed by atoms with Gasteiger partial charge in [-0.25, -0.2) is 0 Å². The van der Waals surface area contributed by atoms with Crippen LogP contribution in [0.2, 0.25) is 0 Å². The van der Waals surface area contributed by atoms with Crippen LogP contribution in [0.1, 0.15) is 24.6 Å². The zero-order chi connectivity index (χ0) is 11.5. The predicted octanol–water partition coefficient (Wildman–Crippen LogP) is 1.56. The van der Waals surface area contributed by atoms with Crippen molar-refractivity contribution in [3.63, 3.8) is 0 Å². The zero-order valence-corrected chi connectivity index (χ0v) is 10.2. The van der Waals surface area contributed by atoms with Crippen molar-refractivity contribution in [2.24, 2.45) is 11.7 Å². The van der Waals surface area contributed by atoms with Gasteiger partial charge in [-0.2, -0.15) is 0 Å². The van der Waals surface area contributed by atoms with Crippen molar-refractivity contribution in [1.82, 2.24) is 9.88 Å². The molecule has 0 spiro atoms. The lowest BCUT2D eigenvalue weighted by molar-refractivity contribution is 0.162. The van der Waals surface area contributed by atoms with Gasteiger partial charge in [-0.15, -0.1) is 0 Å². The summed E-state index contributed by atoms with van der Waals surface area (Å²) in [4.78, 5) is 6.75. The molecule has 2 atom stereocenters. The minimum atomic E-state index is 0.326. The Morgan fingerprint density at radius 2 is 2.31 bits per heavy atom. The van der Waals surface area contributed by atoms with Crippen molar-refractivity contribution in [2.45, 2.75) is 32.9 Å². The molecule has 2 unspecified atom stereocenters. The van der Waals surface area contributed by atoms with Gasteiger partial charge >= 0.3 is 0 Å². The summed E-state index contributed by atoms with van der Waals surface area (Å²) in [6.45, 7) is 7.41. The number of aromatic nitrogens is 1. The molecule has 2 heterocycles. The van der Waals surface area contributed by atoms with E-state index in [2.05, 4.69) is 28.9 Å². The summed E-state index contributed by atoms with van der Waals surface area (Å²) in [7, 11) is 0. The average molecular weight is 219 g/mol. The first kappa shape index (κ1) is 11.6. The Balaban J connectivity index is 1.93. The number of aryl methyl sites for hydroxylation is 1. The van der Waals surface area contributed by atoms with Gasteiger partial charge in [0.25, 0.3) is 0 Å². The molecule has 1 saturated heterocycles. The van der Waals surface area contributed by atoms with Crippen LogP contribution in [-0.2, 0) is 6.54 Å². The van der Waals surface area contributed by atoms with Crippen molar-refractivity contribution in [1.29, 1.82) is 0 Å². The van der Waals surface area contributed by atoms with E-state index in [1.165, 1.54) is 12.0 Å². The Bertz CT molecular complexity index is 334. The van der Waals surface area contributed by atoms with Gasteiger partial charge in [-0.1, -0.05) is 13.0 Å². The first-order valence-electron chi connectivity index (χ1n) is 6.04. The third-order valence-electron chi connectivity index (χ3n) is 3.48. The monoisotopic (exact) mass is 219 g/mol. The van der Waals surface area contributed by atoms with Crippen molar-refractivity contribution in [3.8, 4) is 0 Å². The molecule has 0 aromatic carbocycles. The van der Waals surface area contributed by atoms with E-state index in [1.54, 1.807) is 0 Å². The van der Waals surface area contributed by atoms with E-state index < -0.39 is 0 Å². The second-order valence-electron chi connectivity index (χ2n) is 4.97. The molecule has 2 rings (SSSR count). The van der Waals surface area contributed by atoms with Crippen molar-refractivity contribution < 1.29 is 0 Å². The fourth-order valence-corrected chi connectivity index (χ4v) is 2.16. The van der Waals surface area contributed by atoms with Crippen LogP contribution in [0.5, 0.6) is 0 Å². The van der Waals surface area contributed by atoms with Gasteiger partial charge in [0.05, 0.1) is 0 Å². The topological polar surface area (TPSA) is 42.1 Å². The largest absolute Gasteiger partial charge is 0.326 e. The molecule has 3 heteroatoms. The number of nitrogens with two attached hydrogens (primary N) is 1. The van der Waals surface area contributed by atoms with Gasteiger partial charge < -0.3 is 5.73 Å². The van der Waals surface area contributed by atoms with Crippen LogP contribution in [0.4, 0.5) is 0 Å². The summed E-state index contributed by atoms with van der Waals surface area (Å²) >= 11 is 0. The number of hydrogen-bond donors (Lipinski definition) is 1. The SMILES string of the molecule is Cc1ccc(CN2CCC(C)C(N)C2)cn1. The molecule has 1 aromatic heterocycles. The van der Waals surface area contributed by atoms with E-state index in [9.17, 15) is 0 Å². The second kappa shape index (κ2) is 4.93. The zero-order valence-electron chi connectivity index (χ0n) is 10.2. The van der Waals surface area contributed by atoms with E-state index in [0.717, 1.165) is 25.3 Å². The van der Waals surface area contributed by atoms with Gasteiger partial charge in [0.2, 0.25) is 0 Å². The number of likely N-dealkylation sites (tertiary alicyclic amines) is 1.